The molecule has 1 aromatic rings. The predicted molar refractivity (Wildman–Crippen MR) is 94.2 cm³/mol. The van der Waals surface area contributed by atoms with E-state index in [1.54, 1.807) is 0 Å². The lowest BCUT2D eigenvalue weighted by Gasteiger charge is -2.26. The van der Waals surface area contributed by atoms with Gasteiger partial charge in [0.2, 0.25) is 5.91 Å². The third-order valence-electron chi connectivity index (χ3n) is 4.54. The molecule has 0 atom stereocenters. The van der Waals surface area contributed by atoms with Gasteiger partial charge in [-0.2, -0.15) is 0 Å². The minimum absolute atomic E-state index is 0.124. The minimum atomic E-state index is 0.124. The number of carbonyl (C=O) groups excluding carboxylic acids is 1. The summed E-state index contributed by atoms with van der Waals surface area (Å²) >= 11 is 0. The molecule has 2 aliphatic rings. The number of allylic oxidation sites excluding steroid dienone is 3. The second-order valence-corrected chi connectivity index (χ2v) is 6.92. The van der Waals surface area contributed by atoms with Crippen LogP contribution < -0.4 is 5.32 Å². The zero-order valence-corrected chi connectivity index (χ0v) is 14.1. The number of rotatable bonds is 5. The third kappa shape index (κ3) is 4.04. The van der Waals surface area contributed by atoms with E-state index in [0.717, 1.165) is 38.0 Å². The number of hydrogen-bond donors (Lipinski definition) is 1. The number of carbonyl (C=O) groups is 1. The summed E-state index contributed by atoms with van der Waals surface area (Å²) in [6, 6.07) is 6.57. The summed E-state index contributed by atoms with van der Waals surface area (Å²) in [5, 5.41) is 3.00. The molecule has 0 saturated heterocycles. The minimum Gasteiger partial charge on any atom is -0.371 e. The fraction of sp³-hybridized carbons (Fsp3) is 0.450. The zero-order chi connectivity index (χ0) is 16.2. The zero-order valence-electron chi connectivity index (χ0n) is 14.1. The molecule has 1 N–H and O–H groups in total. The molecule has 3 rings (SSSR count). The average molecular weight is 310 g/mol. The van der Waals surface area contributed by atoms with Gasteiger partial charge in [0.25, 0.3) is 0 Å². The van der Waals surface area contributed by atoms with Crippen molar-refractivity contribution in [2.75, 3.05) is 19.6 Å². The maximum absolute atomic E-state index is 12.0. The van der Waals surface area contributed by atoms with Crippen LogP contribution >= 0.6 is 0 Å². The van der Waals surface area contributed by atoms with E-state index in [9.17, 15) is 4.79 Å². The standard InChI is InChI=1S/C20H26N2O/c1-15(2)14-21-20(23)13-16-6-7-17-8-10-22(19-4-3-5-19)11-9-18(17)12-16/h3-7,12,15H,8-11,13-14H2,1-2H3,(H,21,23). The van der Waals surface area contributed by atoms with E-state index in [2.05, 4.69) is 60.5 Å². The number of hydrogen-bond acceptors (Lipinski definition) is 2. The fourth-order valence-corrected chi connectivity index (χ4v) is 3.11. The van der Waals surface area contributed by atoms with E-state index in [4.69, 9.17) is 0 Å². The van der Waals surface area contributed by atoms with Gasteiger partial charge in [0, 0.05) is 25.3 Å². The SMILES string of the molecule is CC(C)CNC(=O)Cc1ccc2c(c1)CCN(C1=CC=C1)CC2. The van der Waals surface area contributed by atoms with Gasteiger partial charge >= 0.3 is 0 Å². The van der Waals surface area contributed by atoms with Crippen LogP contribution in [0.1, 0.15) is 30.5 Å². The number of amides is 1. The molecule has 3 heteroatoms. The van der Waals surface area contributed by atoms with E-state index in [1.807, 2.05) is 0 Å². The number of nitrogens with zero attached hydrogens (tertiary/aromatic N) is 1. The quantitative estimate of drug-likeness (QED) is 0.907. The van der Waals surface area contributed by atoms with Gasteiger partial charge in [0.05, 0.1) is 6.42 Å². The molecule has 0 aromatic heterocycles. The highest BCUT2D eigenvalue weighted by atomic mass is 16.1. The summed E-state index contributed by atoms with van der Waals surface area (Å²) < 4.78 is 0. The Morgan fingerprint density at radius 1 is 1.22 bits per heavy atom. The molecule has 0 fully saturated rings. The van der Waals surface area contributed by atoms with Gasteiger partial charge in [-0.3, -0.25) is 4.79 Å². The van der Waals surface area contributed by atoms with E-state index >= 15 is 0 Å². The molecule has 1 heterocycles. The first-order valence-electron chi connectivity index (χ1n) is 8.62. The van der Waals surface area contributed by atoms with Crippen molar-refractivity contribution in [3.63, 3.8) is 0 Å². The van der Waals surface area contributed by atoms with Crippen molar-refractivity contribution in [2.24, 2.45) is 5.92 Å². The molecule has 1 amide bonds. The number of fused-ring (bicyclic) bond motifs is 1. The highest BCUT2D eigenvalue weighted by molar-refractivity contribution is 5.78. The molecule has 122 valence electrons. The Morgan fingerprint density at radius 2 is 1.96 bits per heavy atom. The van der Waals surface area contributed by atoms with Crippen LogP contribution in [0.2, 0.25) is 0 Å². The van der Waals surface area contributed by atoms with Gasteiger partial charge in [-0.15, -0.1) is 0 Å². The lowest BCUT2D eigenvalue weighted by atomic mass is 9.98. The predicted octanol–water partition coefficient (Wildman–Crippen LogP) is 2.86. The lowest BCUT2D eigenvalue weighted by Crippen LogP contribution is -2.28. The summed E-state index contributed by atoms with van der Waals surface area (Å²) in [6.07, 6.45) is 9.09. The van der Waals surface area contributed by atoms with E-state index < -0.39 is 0 Å². The van der Waals surface area contributed by atoms with Crippen LogP contribution in [0, 0.1) is 5.92 Å². The van der Waals surface area contributed by atoms with Crippen molar-refractivity contribution in [3.05, 3.63) is 58.8 Å². The average Bonchev–Trinajstić information content (AvgIpc) is 2.66. The van der Waals surface area contributed by atoms with Crippen molar-refractivity contribution < 1.29 is 4.79 Å². The number of benzene rings is 1. The lowest BCUT2D eigenvalue weighted by molar-refractivity contribution is -0.120. The van der Waals surface area contributed by atoms with Crippen LogP contribution in [-0.4, -0.2) is 30.4 Å². The Morgan fingerprint density at radius 3 is 2.61 bits per heavy atom. The second kappa shape index (κ2) is 7.03. The Bertz CT molecular complexity index is 643. The van der Waals surface area contributed by atoms with Crippen LogP contribution in [0.3, 0.4) is 0 Å². The van der Waals surface area contributed by atoms with Crippen molar-refractivity contribution in [1.29, 1.82) is 0 Å². The van der Waals surface area contributed by atoms with Crippen molar-refractivity contribution in [1.82, 2.24) is 10.2 Å². The normalized spacial score (nSPS) is 16.5. The summed E-state index contributed by atoms with van der Waals surface area (Å²) in [6.45, 7) is 7.12. The van der Waals surface area contributed by atoms with E-state index in [1.165, 1.54) is 16.8 Å². The van der Waals surface area contributed by atoms with Gasteiger partial charge in [-0.1, -0.05) is 38.1 Å². The first-order valence-corrected chi connectivity index (χ1v) is 8.62. The molecule has 1 aliphatic carbocycles. The van der Waals surface area contributed by atoms with Gasteiger partial charge in [-0.25, -0.2) is 0 Å². The molecule has 0 radical (unpaired) electrons. The first kappa shape index (κ1) is 15.9. The Hall–Kier alpha value is -2.03. The van der Waals surface area contributed by atoms with Crippen LogP contribution in [0.15, 0.2) is 42.1 Å². The van der Waals surface area contributed by atoms with Crippen molar-refractivity contribution >= 4 is 5.91 Å². The van der Waals surface area contributed by atoms with Crippen molar-refractivity contribution in [2.45, 2.75) is 33.1 Å². The molecule has 0 unspecified atom stereocenters. The monoisotopic (exact) mass is 310 g/mol. The van der Waals surface area contributed by atoms with Gasteiger partial charge < -0.3 is 10.2 Å². The molecular formula is C20H26N2O. The smallest absolute Gasteiger partial charge is 0.224 e. The van der Waals surface area contributed by atoms with E-state index in [0.29, 0.717) is 12.3 Å². The third-order valence-corrected chi connectivity index (χ3v) is 4.54. The molecule has 3 nitrogen and oxygen atoms in total. The topological polar surface area (TPSA) is 32.3 Å². The molecular weight excluding hydrogens is 284 g/mol. The fourth-order valence-electron chi connectivity index (χ4n) is 3.11. The molecule has 0 saturated carbocycles. The van der Waals surface area contributed by atoms with Gasteiger partial charge in [0.15, 0.2) is 0 Å². The highest BCUT2D eigenvalue weighted by Gasteiger charge is 2.17. The Labute approximate surface area is 139 Å². The highest BCUT2D eigenvalue weighted by Crippen LogP contribution is 2.22. The molecule has 1 aliphatic heterocycles. The first-order chi connectivity index (χ1) is 11.1. The van der Waals surface area contributed by atoms with Crippen LogP contribution in [0.4, 0.5) is 0 Å². The molecule has 0 bridgehead atoms. The largest absolute Gasteiger partial charge is 0.371 e. The van der Waals surface area contributed by atoms with Gasteiger partial charge in [0.1, 0.15) is 0 Å². The van der Waals surface area contributed by atoms with Gasteiger partial charge in [-0.05, 0) is 47.6 Å². The summed E-state index contributed by atoms with van der Waals surface area (Å²) in [5.74, 6) is 0.616. The Kier molecular flexibility index (Phi) is 4.85. The van der Waals surface area contributed by atoms with Crippen LogP contribution in [0.25, 0.3) is 0 Å². The maximum Gasteiger partial charge on any atom is 0.224 e. The second-order valence-electron chi connectivity index (χ2n) is 6.92. The molecule has 1 aromatic carbocycles. The van der Waals surface area contributed by atoms with Crippen molar-refractivity contribution in [3.8, 4) is 0 Å². The van der Waals surface area contributed by atoms with Crippen LogP contribution in [-0.2, 0) is 24.1 Å². The summed E-state index contributed by atoms with van der Waals surface area (Å²) in [5.41, 5.74) is 5.32. The summed E-state index contributed by atoms with van der Waals surface area (Å²) in [4.78, 5) is 14.5. The molecule has 0 spiro atoms. The van der Waals surface area contributed by atoms with Crippen LogP contribution in [0.5, 0.6) is 0 Å². The molecule has 23 heavy (non-hydrogen) atoms. The number of nitrogens with one attached hydrogen (secondary N) is 1. The maximum atomic E-state index is 12.0. The Balaban J connectivity index is 1.61. The summed E-state index contributed by atoms with van der Waals surface area (Å²) in [7, 11) is 0. The van der Waals surface area contributed by atoms with E-state index in [-0.39, 0.29) is 5.91 Å².